The smallest absolute Gasteiger partial charge is 0.254 e. The number of hydrogen-bond acceptors (Lipinski definition) is 3. The van der Waals surface area contributed by atoms with Gasteiger partial charge in [-0.1, -0.05) is 174 Å². The molecule has 18 rings (SSSR count). The molecule has 0 radical (unpaired) electrons. The molecule has 416 valence electrons. The van der Waals surface area contributed by atoms with Crippen molar-refractivity contribution in [2.24, 2.45) is 23.7 Å². The second-order valence-corrected chi connectivity index (χ2v) is 23.8. The molecular weight excluding hydrogens is 1230 g/mol. The number of para-hydroxylation sites is 6. The number of nitrogens with zero attached hydrogens (tertiary/aromatic N) is 5. The Morgan fingerprint density at radius 3 is 1.61 bits per heavy atom. The fourth-order valence-corrected chi connectivity index (χ4v) is 16.1. The van der Waals surface area contributed by atoms with Crippen molar-refractivity contribution in [2.75, 3.05) is 9.80 Å². The summed E-state index contributed by atoms with van der Waals surface area (Å²) in [5.74, 6) is -0.336. The molecule has 4 saturated carbocycles. The number of pyridine rings is 1. The van der Waals surface area contributed by atoms with Gasteiger partial charge in [0.15, 0.2) is 0 Å². The van der Waals surface area contributed by atoms with Crippen LogP contribution in [-0.4, -0.2) is 14.1 Å². The molecule has 4 bridgehead atoms. The molecule has 13 aromatic rings. The molecule has 5 nitrogen and oxygen atoms in total. The van der Waals surface area contributed by atoms with Crippen LogP contribution in [0.25, 0.3) is 77.4 Å². The minimum Gasteiger partial charge on any atom is -0.493 e. The quantitative estimate of drug-likeness (QED) is 0.128. The summed E-state index contributed by atoms with van der Waals surface area (Å²) in [6, 6.07) is 90.0. The monoisotopic (exact) mass is 1280 g/mol. The first-order valence-electron chi connectivity index (χ1n) is 29.6. The van der Waals surface area contributed by atoms with Gasteiger partial charge in [-0.15, -0.1) is 23.8 Å². The average molecular weight is 1280 g/mol. The molecule has 8 heteroatoms. The maximum absolute atomic E-state index is 17.8. The molecule has 0 spiro atoms. The molecule has 3 aromatic heterocycles. The van der Waals surface area contributed by atoms with Crippen molar-refractivity contribution < 1.29 is 29.8 Å². The average Bonchev–Trinajstić information content (AvgIpc) is 2.61. The Hall–Kier alpha value is -8.90. The molecule has 10 aromatic carbocycles. The normalized spacial score (nSPS) is 19.7. The zero-order chi connectivity index (χ0) is 55.7. The predicted molar refractivity (Wildman–Crippen MR) is 337 cm³/mol. The Morgan fingerprint density at radius 2 is 0.988 bits per heavy atom. The molecule has 0 N–H and O–H groups in total. The molecule has 4 fully saturated rings. The van der Waals surface area contributed by atoms with Gasteiger partial charge in [0.05, 0.1) is 11.0 Å². The maximum atomic E-state index is 17.8. The van der Waals surface area contributed by atoms with Gasteiger partial charge in [-0.25, -0.2) is 13.8 Å². The standard InChI is InChI=1S/C77H56F2N5.Pt/c78-77(79,56-21-15-22-61(46-56)81-49-82(72-32-14-13-31-71(72)81)75-62(52-17-3-1-4-18-52)26-16-27-63(75)53-19-5-2-6-20-53)57-35-38-67-66-25-9-12-30-70(66)84(73(67)47-57)74-48-55(39-40-80-74)76(58-42-50-41-51(44-58)45-59(76)43-50)54-33-36-60(37-34-54)83-68-28-10-7-23-64(68)65-24-8-11-29-69(65)83;/h1-40,48-51,58-59H,41-45H2;/q-3;. The Bertz CT molecular complexity index is 4580. The van der Waals surface area contributed by atoms with E-state index in [-0.39, 0.29) is 37.6 Å². The third-order valence-corrected chi connectivity index (χ3v) is 19.4. The Kier molecular flexibility index (Phi) is 12.3. The summed E-state index contributed by atoms with van der Waals surface area (Å²) in [6.07, 6.45) is 8.12. The summed E-state index contributed by atoms with van der Waals surface area (Å²) in [5.41, 5.74) is 14.4. The van der Waals surface area contributed by atoms with E-state index in [4.69, 9.17) is 4.98 Å². The Labute approximate surface area is 507 Å². The summed E-state index contributed by atoms with van der Waals surface area (Å²) in [6.45, 7) is 2.01. The number of halogens is 2. The number of aromatic nitrogens is 3. The summed E-state index contributed by atoms with van der Waals surface area (Å²) in [4.78, 5) is 9.32. The summed E-state index contributed by atoms with van der Waals surface area (Å²) in [5, 5.41) is 4.30. The molecule has 85 heavy (non-hydrogen) atoms. The van der Waals surface area contributed by atoms with Gasteiger partial charge < -0.3 is 18.9 Å². The number of hydrogen-bond donors (Lipinski definition) is 0. The van der Waals surface area contributed by atoms with Crippen LogP contribution in [0, 0.1) is 42.5 Å². The number of fused-ring (bicyclic) bond motifs is 7. The van der Waals surface area contributed by atoms with Crippen molar-refractivity contribution >= 4 is 66.4 Å². The second kappa shape index (κ2) is 20.1. The molecule has 0 atom stereocenters. The van der Waals surface area contributed by atoms with Crippen LogP contribution in [-0.2, 0) is 32.4 Å². The molecule has 0 amide bonds. The van der Waals surface area contributed by atoms with E-state index in [2.05, 4.69) is 196 Å². The van der Waals surface area contributed by atoms with Gasteiger partial charge in [0.2, 0.25) is 0 Å². The van der Waals surface area contributed by atoms with Crippen LogP contribution in [0.2, 0.25) is 0 Å². The molecule has 4 aliphatic carbocycles. The van der Waals surface area contributed by atoms with Crippen LogP contribution in [0.5, 0.6) is 0 Å². The number of benzene rings is 10. The van der Waals surface area contributed by atoms with E-state index in [1.165, 1.54) is 71.1 Å². The van der Waals surface area contributed by atoms with E-state index in [0.29, 0.717) is 28.9 Å². The second-order valence-electron chi connectivity index (χ2n) is 23.8. The fraction of sp³-hybridized carbons (Fsp3) is 0.143. The molecule has 4 heterocycles. The van der Waals surface area contributed by atoms with Crippen molar-refractivity contribution in [1.82, 2.24) is 14.1 Å². The molecule has 0 unspecified atom stereocenters. The minimum absolute atomic E-state index is 0. The molecule has 1 aliphatic heterocycles. The summed E-state index contributed by atoms with van der Waals surface area (Å²) >= 11 is 0. The van der Waals surface area contributed by atoms with Crippen LogP contribution in [0.3, 0.4) is 0 Å². The fourth-order valence-electron chi connectivity index (χ4n) is 16.1. The topological polar surface area (TPSA) is 29.2 Å². The van der Waals surface area contributed by atoms with Crippen molar-refractivity contribution in [3.8, 4) is 33.8 Å². The third-order valence-electron chi connectivity index (χ3n) is 19.4. The van der Waals surface area contributed by atoms with E-state index >= 15 is 8.78 Å². The van der Waals surface area contributed by atoms with Gasteiger partial charge in [-0.05, 0) is 138 Å². The van der Waals surface area contributed by atoms with E-state index in [1.807, 2.05) is 72.4 Å². The van der Waals surface area contributed by atoms with Gasteiger partial charge in [0.1, 0.15) is 5.82 Å². The van der Waals surface area contributed by atoms with Crippen LogP contribution in [0.1, 0.15) is 54.4 Å². The van der Waals surface area contributed by atoms with Crippen LogP contribution < -0.4 is 9.80 Å². The van der Waals surface area contributed by atoms with E-state index in [0.717, 1.165) is 73.1 Å². The van der Waals surface area contributed by atoms with Gasteiger partial charge in [-0.2, -0.15) is 36.4 Å². The Morgan fingerprint density at radius 1 is 0.459 bits per heavy atom. The number of alkyl halides is 2. The molecular formula is C77H56F2N5Pt-3. The molecule has 0 saturated heterocycles. The van der Waals surface area contributed by atoms with Crippen LogP contribution in [0.15, 0.2) is 249 Å². The Balaban J connectivity index is 0.00000588. The van der Waals surface area contributed by atoms with E-state index in [1.54, 1.807) is 12.1 Å². The van der Waals surface area contributed by atoms with Crippen molar-refractivity contribution in [2.45, 2.75) is 43.4 Å². The van der Waals surface area contributed by atoms with Crippen molar-refractivity contribution in [3.05, 3.63) is 290 Å². The number of anilines is 4. The minimum atomic E-state index is -3.48. The largest absolute Gasteiger partial charge is 0.493 e. The zero-order valence-corrected chi connectivity index (χ0v) is 48.7. The van der Waals surface area contributed by atoms with Gasteiger partial charge in [0.25, 0.3) is 5.92 Å². The summed E-state index contributed by atoms with van der Waals surface area (Å²) < 4.78 is 40.2. The number of rotatable bonds is 10. The van der Waals surface area contributed by atoms with Crippen molar-refractivity contribution in [3.63, 3.8) is 0 Å². The molecule has 5 aliphatic rings. The first-order valence-corrected chi connectivity index (χ1v) is 29.6. The zero-order valence-electron chi connectivity index (χ0n) is 46.4. The third kappa shape index (κ3) is 7.99. The predicted octanol–water partition coefficient (Wildman–Crippen LogP) is 19.5. The van der Waals surface area contributed by atoms with Gasteiger partial charge in [-0.3, -0.25) is 0 Å². The SMILES string of the molecule is FC(F)(c1[c-]c(N2[CH-]N(c3c(-c4ccccc4)cccc3-c3ccccc3)c3ccccc32)ccc1)c1[c-]c2c(cc1)c1ccccc1n2-c1cc(C2(c3ccc(-n4c5ccccc5c5ccccc54)cc3)C3CC4CC(C3)CC2C4)ccn1.[Pt]. The first kappa shape index (κ1) is 51.7. The van der Waals surface area contributed by atoms with Gasteiger partial charge >= 0.3 is 0 Å². The maximum Gasteiger partial charge on any atom is 0.254 e. The van der Waals surface area contributed by atoms with Crippen LogP contribution in [0.4, 0.5) is 31.5 Å². The van der Waals surface area contributed by atoms with Gasteiger partial charge in [0, 0.05) is 82.8 Å². The van der Waals surface area contributed by atoms with Crippen LogP contribution >= 0.6 is 0 Å². The van der Waals surface area contributed by atoms with E-state index < -0.39 is 5.92 Å². The summed E-state index contributed by atoms with van der Waals surface area (Å²) in [7, 11) is 0. The first-order chi connectivity index (χ1) is 41.4. The van der Waals surface area contributed by atoms with E-state index in [9.17, 15) is 0 Å². The van der Waals surface area contributed by atoms with Crippen molar-refractivity contribution in [1.29, 1.82) is 0 Å².